The van der Waals surface area contributed by atoms with Gasteiger partial charge in [0.1, 0.15) is 11.8 Å². The van der Waals surface area contributed by atoms with Crippen molar-refractivity contribution >= 4 is 45.2 Å². The monoisotopic (exact) mass is 432 g/mol. The second-order valence-electron chi connectivity index (χ2n) is 6.82. The molecule has 3 aromatic heterocycles. The highest BCUT2D eigenvalue weighted by molar-refractivity contribution is 6.35. The third kappa shape index (κ3) is 3.34. The number of nitrogens with one attached hydrogen (secondary N) is 2. The van der Waals surface area contributed by atoms with Gasteiger partial charge in [-0.15, -0.1) is 0 Å². The van der Waals surface area contributed by atoms with Crippen LogP contribution in [0.2, 0.25) is 5.02 Å². The van der Waals surface area contributed by atoms with Gasteiger partial charge in [-0.05, 0) is 24.3 Å². The number of rotatable bonds is 5. The number of fused-ring (bicyclic) bond motifs is 2. The molecule has 0 saturated heterocycles. The number of H-pyrrole nitrogens is 1. The number of hydrogen-bond donors (Lipinski definition) is 2. The number of nitrogens with zero attached hydrogens (tertiary/aromatic N) is 6. The Morgan fingerprint density at radius 2 is 1.94 bits per heavy atom. The highest BCUT2D eigenvalue weighted by Crippen LogP contribution is 2.21. The van der Waals surface area contributed by atoms with Crippen LogP contribution >= 0.6 is 11.6 Å². The summed E-state index contributed by atoms with van der Waals surface area (Å²) < 4.78 is 1.52. The van der Waals surface area contributed by atoms with E-state index in [2.05, 4.69) is 25.3 Å². The molecule has 10 heteroatoms. The van der Waals surface area contributed by atoms with Crippen molar-refractivity contribution in [3.05, 3.63) is 82.4 Å². The summed E-state index contributed by atoms with van der Waals surface area (Å²) in [5.74, 6) is 1.06. The van der Waals surface area contributed by atoms with Crippen LogP contribution in [0.4, 0.5) is 11.5 Å². The molecule has 0 bridgehead atoms. The van der Waals surface area contributed by atoms with Crippen LogP contribution in [0, 0.1) is 0 Å². The van der Waals surface area contributed by atoms with Crippen molar-refractivity contribution in [1.82, 2.24) is 29.6 Å². The van der Waals surface area contributed by atoms with Gasteiger partial charge in [-0.3, -0.25) is 9.80 Å². The van der Waals surface area contributed by atoms with Gasteiger partial charge in [0.25, 0.3) is 5.56 Å². The van der Waals surface area contributed by atoms with Crippen molar-refractivity contribution in [3.8, 4) is 0 Å². The van der Waals surface area contributed by atoms with E-state index < -0.39 is 0 Å². The summed E-state index contributed by atoms with van der Waals surface area (Å²) in [6.07, 6.45) is 2.99. The van der Waals surface area contributed by atoms with Crippen LogP contribution in [0.1, 0.15) is 5.82 Å². The molecule has 5 aromatic rings. The number of aromatic amines is 1. The van der Waals surface area contributed by atoms with Crippen LogP contribution in [0.25, 0.3) is 22.1 Å². The summed E-state index contributed by atoms with van der Waals surface area (Å²) in [5.41, 5.74) is 2.33. The molecule has 0 atom stereocenters. The van der Waals surface area contributed by atoms with Gasteiger partial charge in [0, 0.05) is 7.05 Å². The molecular weight excluding hydrogens is 416 g/mol. The number of benzene rings is 2. The van der Waals surface area contributed by atoms with E-state index in [1.807, 2.05) is 37.4 Å². The Labute approximate surface area is 181 Å². The molecule has 0 aliphatic heterocycles. The quantitative estimate of drug-likeness (QED) is 0.439. The summed E-state index contributed by atoms with van der Waals surface area (Å²) >= 11 is 6.35. The molecule has 0 fully saturated rings. The second kappa shape index (κ2) is 7.69. The van der Waals surface area contributed by atoms with Crippen LogP contribution in [0.3, 0.4) is 0 Å². The zero-order valence-electron chi connectivity index (χ0n) is 16.5. The highest BCUT2D eigenvalue weighted by Gasteiger charge is 2.18. The van der Waals surface area contributed by atoms with Crippen molar-refractivity contribution in [2.24, 2.45) is 0 Å². The van der Waals surface area contributed by atoms with Gasteiger partial charge in [-0.1, -0.05) is 35.9 Å². The smallest absolute Gasteiger partial charge is 0.282 e. The van der Waals surface area contributed by atoms with Crippen molar-refractivity contribution in [1.29, 1.82) is 0 Å². The standard InChI is InChI=1S/C21H17ClN8O/c1-29(13-6-3-2-4-7-13)30-16(28-15-9-5-8-14(22)17(15)21(30)31)10-23-19-18-20(25-11-24-18)27-12-26-19/h2-9,11-12H,10H2,1H3,(H2,23,24,25,26,27). The van der Waals surface area contributed by atoms with E-state index >= 15 is 0 Å². The van der Waals surface area contributed by atoms with E-state index in [0.717, 1.165) is 5.69 Å². The Kier molecular flexibility index (Phi) is 4.72. The Morgan fingerprint density at radius 1 is 1.10 bits per heavy atom. The summed E-state index contributed by atoms with van der Waals surface area (Å²) in [7, 11) is 1.81. The number of aromatic nitrogens is 6. The SMILES string of the molecule is CN(c1ccccc1)n1c(CNc2ncnc3nc[nH]c23)nc2cccc(Cl)c2c1=O. The molecule has 0 unspecified atom stereocenters. The Hall–Kier alpha value is -3.98. The zero-order valence-corrected chi connectivity index (χ0v) is 17.2. The first kappa shape index (κ1) is 19.0. The lowest BCUT2D eigenvalue weighted by atomic mass is 10.2. The molecule has 5 rings (SSSR count). The van der Waals surface area contributed by atoms with E-state index in [9.17, 15) is 4.79 Å². The molecule has 2 N–H and O–H groups in total. The van der Waals surface area contributed by atoms with Crippen molar-refractivity contribution in [2.45, 2.75) is 6.54 Å². The fraction of sp³-hybridized carbons (Fsp3) is 0.0952. The molecule has 154 valence electrons. The minimum atomic E-state index is -0.256. The average Bonchev–Trinajstić information content (AvgIpc) is 3.27. The van der Waals surface area contributed by atoms with Crippen LogP contribution < -0.4 is 15.9 Å². The molecular formula is C21H17ClN8O. The predicted molar refractivity (Wildman–Crippen MR) is 120 cm³/mol. The maximum absolute atomic E-state index is 13.5. The average molecular weight is 433 g/mol. The third-order valence-corrected chi connectivity index (χ3v) is 5.27. The zero-order chi connectivity index (χ0) is 21.4. The maximum Gasteiger partial charge on any atom is 0.282 e. The topological polar surface area (TPSA) is 105 Å². The predicted octanol–water partition coefficient (Wildman–Crippen LogP) is 3.23. The van der Waals surface area contributed by atoms with Gasteiger partial charge >= 0.3 is 0 Å². The lowest BCUT2D eigenvalue weighted by Crippen LogP contribution is -2.39. The van der Waals surface area contributed by atoms with Crippen LogP contribution in [-0.2, 0) is 6.54 Å². The molecule has 0 saturated carbocycles. The third-order valence-electron chi connectivity index (χ3n) is 4.96. The number of hydrogen-bond acceptors (Lipinski definition) is 7. The van der Waals surface area contributed by atoms with E-state index in [-0.39, 0.29) is 12.1 Å². The van der Waals surface area contributed by atoms with Gasteiger partial charge in [-0.25, -0.2) is 24.6 Å². The number of para-hydroxylation sites is 1. The molecule has 31 heavy (non-hydrogen) atoms. The Bertz CT molecular complexity index is 1450. The number of anilines is 2. The lowest BCUT2D eigenvalue weighted by molar-refractivity contribution is 0.675. The summed E-state index contributed by atoms with van der Waals surface area (Å²) in [4.78, 5) is 33.8. The van der Waals surface area contributed by atoms with Crippen molar-refractivity contribution in [2.75, 3.05) is 17.4 Å². The highest BCUT2D eigenvalue weighted by atomic mass is 35.5. The van der Waals surface area contributed by atoms with Gasteiger partial charge < -0.3 is 10.3 Å². The molecule has 0 aliphatic rings. The minimum Gasteiger partial charge on any atom is -0.361 e. The van der Waals surface area contributed by atoms with Gasteiger partial charge in [0.05, 0.1) is 34.5 Å². The second-order valence-corrected chi connectivity index (χ2v) is 7.22. The molecule has 3 heterocycles. The lowest BCUT2D eigenvalue weighted by Gasteiger charge is -2.25. The molecule has 2 aromatic carbocycles. The summed E-state index contributed by atoms with van der Waals surface area (Å²) in [5, 5.41) is 5.72. The molecule has 9 nitrogen and oxygen atoms in total. The first-order valence-corrected chi connectivity index (χ1v) is 9.88. The Balaban J connectivity index is 1.64. The van der Waals surface area contributed by atoms with Gasteiger partial charge in [0.15, 0.2) is 17.3 Å². The normalized spacial score (nSPS) is 11.2. The largest absolute Gasteiger partial charge is 0.361 e. The van der Waals surface area contributed by atoms with Crippen molar-refractivity contribution in [3.63, 3.8) is 0 Å². The molecule has 0 amide bonds. The number of imidazole rings is 1. The minimum absolute atomic E-state index is 0.236. The van der Waals surface area contributed by atoms with Crippen LogP contribution in [-0.4, -0.2) is 36.6 Å². The summed E-state index contributed by atoms with van der Waals surface area (Å²) in [6, 6.07) is 14.8. The van der Waals surface area contributed by atoms with E-state index in [0.29, 0.717) is 38.7 Å². The van der Waals surface area contributed by atoms with E-state index in [1.54, 1.807) is 29.5 Å². The van der Waals surface area contributed by atoms with Crippen LogP contribution in [0.5, 0.6) is 0 Å². The fourth-order valence-corrected chi connectivity index (χ4v) is 3.72. The van der Waals surface area contributed by atoms with Gasteiger partial charge in [-0.2, -0.15) is 0 Å². The number of halogens is 1. The van der Waals surface area contributed by atoms with Gasteiger partial charge in [0.2, 0.25) is 0 Å². The maximum atomic E-state index is 13.5. The van der Waals surface area contributed by atoms with Crippen LogP contribution in [0.15, 0.2) is 66.0 Å². The first-order valence-electron chi connectivity index (χ1n) is 9.50. The van der Waals surface area contributed by atoms with E-state index in [1.165, 1.54) is 11.0 Å². The van der Waals surface area contributed by atoms with Crippen molar-refractivity contribution < 1.29 is 0 Å². The Morgan fingerprint density at radius 3 is 2.77 bits per heavy atom. The first-order chi connectivity index (χ1) is 15.1. The summed E-state index contributed by atoms with van der Waals surface area (Å²) in [6.45, 7) is 0.236. The van der Waals surface area contributed by atoms with E-state index in [4.69, 9.17) is 16.6 Å². The fourth-order valence-electron chi connectivity index (χ4n) is 3.47. The molecule has 0 aliphatic carbocycles. The molecule has 0 radical (unpaired) electrons. The molecule has 0 spiro atoms.